The molecule has 208 valence electrons. The number of anilines is 1. The first-order valence-corrected chi connectivity index (χ1v) is 13.0. The van der Waals surface area contributed by atoms with Gasteiger partial charge in [0.15, 0.2) is 0 Å². The second kappa shape index (κ2) is 10.8. The number of benzene rings is 1. The number of H-pyrrole nitrogens is 1. The van der Waals surface area contributed by atoms with E-state index in [-0.39, 0.29) is 24.8 Å². The first-order valence-electron chi connectivity index (χ1n) is 13.0. The van der Waals surface area contributed by atoms with Gasteiger partial charge in [-0.15, -0.1) is 5.10 Å². The second-order valence-corrected chi connectivity index (χ2v) is 9.78. The number of carbonyl (C=O) groups is 1. The minimum absolute atomic E-state index is 0.116. The van der Waals surface area contributed by atoms with Gasteiger partial charge in [-0.05, 0) is 66.1 Å². The molecule has 2 N–H and O–H groups in total. The fraction of sp³-hybridized carbons (Fsp3) is 0.250. The van der Waals surface area contributed by atoms with Crippen molar-refractivity contribution in [2.45, 2.75) is 25.8 Å². The molecular weight excluding hydrogens is 526 g/mol. The quantitative estimate of drug-likeness (QED) is 0.294. The van der Waals surface area contributed by atoms with Crippen LogP contribution in [0.5, 0.6) is 0 Å². The van der Waals surface area contributed by atoms with Gasteiger partial charge in [0.25, 0.3) is 5.56 Å². The summed E-state index contributed by atoms with van der Waals surface area (Å²) >= 11 is 0. The molecule has 1 amide bonds. The maximum Gasteiger partial charge on any atom is 0.411 e. The molecule has 0 unspecified atom stereocenters. The monoisotopic (exact) mass is 553 g/mol. The van der Waals surface area contributed by atoms with Crippen LogP contribution in [0.15, 0.2) is 66.0 Å². The Kier molecular flexibility index (Phi) is 6.85. The normalized spacial score (nSPS) is 14.2. The van der Waals surface area contributed by atoms with Crippen LogP contribution < -0.4 is 10.5 Å². The van der Waals surface area contributed by atoms with E-state index >= 15 is 0 Å². The van der Waals surface area contributed by atoms with E-state index < -0.39 is 6.09 Å². The third kappa shape index (κ3) is 4.98. The van der Waals surface area contributed by atoms with Crippen LogP contribution in [0.3, 0.4) is 0 Å². The van der Waals surface area contributed by atoms with E-state index in [1.807, 2.05) is 31.2 Å². The molecule has 0 bridgehead atoms. The summed E-state index contributed by atoms with van der Waals surface area (Å²) in [4.78, 5) is 38.6. The molecule has 0 saturated heterocycles. The van der Waals surface area contributed by atoms with Crippen molar-refractivity contribution in [1.82, 2.24) is 39.7 Å². The van der Waals surface area contributed by atoms with E-state index in [0.29, 0.717) is 22.9 Å². The molecule has 13 nitrogen and oxygen atoms in total. The summed E-state index contributed by atoms with van der Waals surface area (Å²) in [6, 6.07) is 12.8. The summed E-state index contributed by atoms with van der Waals surface area (Å²) in [6.45, 7) is 2.47. The van der Waals surface area contributed by atoms with Crippen LogP contribution in [0.2, 0.25) is 0 Å². The fourth-order valence-electron chi connectivity index (χ4n) is 5.22. The molecule has 0 spiro atoms. The van der Waals surface area contributed by atoms with Gasteiger partial charge in [0.05, 0.1) is 54.3 Å². The molecule has 4 aromatic heterocycles. The SMILES string of the molecule is COCCN(C(=O)O)c1ccc(-c2cnc([C@@H]3CCc4cc(-c5cc(C)ccc5-n5cnnn5)cc(=O)n43)[nH]2)nc1. The molecule has 0 radical (unpaired) electrons. The van der Waals surface area contributed by atoms with E-state index in [0.717, 1.165) is 40.9 Å². The number of aromatic nitrogens is 8. The number of nitrogens with one attached hydrogen (secondary N) is 1. The molecule has 1 aliphatic rings. The van der Waals surface area contributed by atoms with Gasteiger partial charge in [-0.2, -0.15) is 4.68 Å². The number of aromatic amines is 1. The molecule has 6 rings (SSSR count). The minimum Gasteiger partial charge on any atom is -0.465 e. The van der Waals surface area contributed by atoms with E-state index in [4.69, 9.17) is 4.74 Å². The van der Waals surface area contributed by atoms with Crippen LogP contribution in [0, 0.1) is 6.92 Å². The van der Waals surface area contributed by atoms with Gasteiger partial charge in [0.2, 0.25) is 0 Å². The third-order valence-electron chi connectivity index (χ3n) is 7.19. The van der Waals surface area contributed by atoms with Crippen LogP contribution in [0.4, 0.5) is 10.5 Å². The Bertz CT molecular complexity index is 1760. The van der Waals surface area contributed by atoms with E-state index in [9.17, 15) is 14.7 Å². The minimum atomic E-state index is -1.08. The highest BCUT2D eigenvalue weighted by Crippen LogP contribution is 2.33. The summed E-state index contributed by atoms with van der Waals surface area (Å²) in [6.07, 6.45) is 5.08. The van der Waals surface area contributed by atoms with E-state index in [1.54, 1.807) is 33.6 Å². The first kappa shape index (κ1) is 26.1. The lowest BCUT2D eigenvalue weighted by Crippen LogP contribution is -2.32. The smallest absolute Gasteiger partial charge is 0.411 e. The number of amides is 1. The number of tetrazole rings is 1. The van der Waals surface area contributed by atoms with Crippen molar-refractivity contribution in [1.29, 1.82) is 0 Å². The van der Waals surface area contributed by atoms with Crippen molar-refractivity contribution in [3.8, 4) is 28.2 Å². The number of imidazole rings is 1. The molecular formula is C28H27N9O4. The number of hydrogen-bond acceptors (Lipinski definition) is 8. The standard InChI is InChI=1S/C28H27N9O4/c1-17-3-7-24(36-16-31-33-34-36)21(11-17)18-12-19-5-8-25(37(19)26(38)13-18)27-30-15-23(32-27)22-6-4-20(14-29-22)35(28(39)40)9-10-41-2/h3-4,6-7,11-16,25H,5,8-10H2,1-2H3,(H,30,32)(H,39,40)/t25-/m0/s1. The van der Waals surface area contributed by atoms with Gasteiger partial charge in [0.1, 0.15) is 12.2 Å². The maximum absolute atomic E-state index is 13.5. The summed E-state index contributed by atoms with van der Waals surface area (Å²) in [5.74, 6) is 0.664. The Morgan fingerprint density at radius 2 is 2.05 bits per heavy atom. The van der Waals surface area contributed by atoms with Crippen LogP contribution in [0.1, 0.15) is 29.5 Å². The maximum atomic E-state index is 13.5. The zero-order valence-corrected chi connectivity index (χ0v) is 22.4. The van der Waals surface area contributed by atoms with Crippen LogP contribution in [-0.2, 0) is 11.2 Å². The van der Waals surface area contributed by atoms with Gasteiger partial charge in [-0.1, -0.05) is 11.6 Å². The number of pyridine rings is 2. The predicted octanol–water partition coefficient (Wildman–Crippen LogP) is 3.25. The zero-order chi connectivity index (χ0) is 28.5. The average Bonchev–Trinajstić information content (AvgIpc) is 3.74. The van der Waals surface area contributed by atoms with Gasteiger partial charge in [-0.25, -0.2) is 9.78 Å². The Balaban J connectivity index is 1.28. The molecule has 0 saturated carbocycles. The zero-order valence-electron chi connectivity index (χ0n) is 22.4. The molecule has 1 atom stereocenters. The Morgan fingerprint density at radius 3 is 2.78 bits per heavy atom. The highest BCUT2D eigenvalue weighted by molar-refractivity contribution is 5.86. The second-order valence-electron chi connectivity index (χ2n) is 9.78. The van der Waals surface area contributed by atoms with Crippen molar-refractivity contribution in [3.63, 3.8) is 0 Å². The van der Waals surface area contributed by atoms with E-state index in [1.165, 1.54) is 24.5 Å². The molecule has 1 aliphatic heterocycles. The first-order chi connectivity index (χ1) is 19.9. The molecule has 5 heterocycles. The lowest BCUT2D eigenvalue weighted by Gasteiger charge is -2.18. The van der Waals surface area contributed by atoms with Gasteiger partial charge in [-0.3, -0.25) is 14.7 Å². The Labute approximate surface area is 234 Å². The van der Waals surface area contributed by atoms with Crippen LogP contribution in [0.25, 0.3) is 28.2 Å². The number of methoxy groups -OCH3 is 1. The molecule has 0 aliphatic carbocycles. The van der Waals surface area contributed by atoms with Gasteiger partial charge in [0, 0.05) is 24.4 Å². The lowest BCUT2D eigenvalue weighted by atomic mass is 10.0. The molecule has 41 heavy (non-hydrogen) atoms. The summed E-state index contributed by atoms with van der Waals surface area (Å²) in [5, 5.41) is 21.0. The number of rotatable bonds is 8. The van der Waals surface area contributed by atoms with Crippen molar-refractivity contribution in [2.75, 3.05) is 25.2 Å². The fourth-order valence-corrected chi connectivity index (χ4v) is 5.22. The third-order valence-corrected chi connectivity index (χ3v) is 7.19. The number of aryl methyl sites for hydroxylation is 2. The summed E-state index contributed by atoms with van der Waals surface area (Å²) in [5.41, 5.74) is 6.07. The number of hydrogen-bond donors (Lipinski definition) is 2. The lowest BCUT2D eigenvalue weighted by molar-refractivity contribution is 0.186. The van der Waals surface area contributed by atoms with Crippen LogP contribution >= 0.6 is 0 Å². The molecule has 13 heteroatoms. The van der Waals surface area contributed by atoms with Crippen LogP contribution in [-0.4, -0.2) is 71.2 Å². The Morgan fingerprint density at radius 1 is 1.17 bits per heavy atom. The average molecular weight is 554 g/mol. The molecule has 1 aromatic carbocycles. The van der Waals surface area contributed by atoms with Gasteiger partial charge < -0.3 is 19.4 Å². The van der Waals surface area contributed by atoms with Crippen molar-refractivity contribution < 1.29 is 14.6 Å². The predicted molar refractivity (Wildman–Crippen MR) is 149 cm³/mol. The van der Waals surface area contributed by atoms with Gasteiger partial charge >= 0.3 is 6.09 Å². The topological polar surface area (TPSA) is 157 Å². The molecule has 0 fully saturated rings. The highest BCUT2D eigenvalue weighted by Gasteiger charge is 2.28. The number of ether oxygens (including phenoxy) is 1. The number of fused-ring (bicyclic) bond motifs is 1. The van der Waals surface area contributed by atoms with E-state index in [2.05, 4.69) is 30.5 Å². The molecule has 5 aromatic rings. The van der Waals surface area contributed by atoms with Crippen molar-refractivity contribution in [3.05, 3.63) is 88.6 Å². The van der Waals surface area contributed by atoms with Crippen molar-refractivity contribution in [2.24, 2.45) is 0 Å². The number of nitrogens with zero attached hydrogens (tertiary/aromatic N) is 8. The summed E-state index contributed by atoms with van der Waals surface area (Å²) < 4.78 is 8.38. The highest BCUT2D eigenvalue weighted by atomic mass is 16.5. The Hall–Kier alpha value is -5.17. The van der Waals surface area contributed by atoms with Crippen molar-refractivity contribution >= 4 is 11.8 Å². The summed E-state index contributed by atoms with van der Waals surface area (Å²) in [7, 11) is 1.52. The largest absolute Gasteiger partial charge is 0.465 e. The number of carboxylic acid groups (broad SMARTS) is 1.